The second-order valence-electron chi connectivity index (χ2n) is 5.87. The number of ether oxygens (including phenoxy) is 2. The van der Waals surface area contributed by atoms with Gasteiger partial charge in [0.1, 0.15) is 12.7 Å². The van der Waals surface area contributed by atoms with Crippen LogP contribution in [0, 0.1) is 0 Å². The topological polar surface area (TPSA) is 98.0 Å². The van der Waals surface area contributed by atoms with E-state index in [-0.39, 0.29) is 30.1 Å². The number of nitrogens with two attached hydrogens (primary N) is 1. The van der Waals surface area contributed by atoms with Gasteiger partial charge in [-0.3, -0.25) is 9.79 Å². The van der Waals surface area contributed by atoms with E-state index in [1.165, 1.54) is 0 Å². The van der Waals surface area contributed by atoms with Gasteiger partial charge in [0.15, 0.2) is 17.5 Å². The molecule has 0 aliphatic carbocycles. The molecule has 1 aliphatic rings. The summed E-state index contributed by atoms with van der Waals surface area (Å²) in [6.07, 6.45) is -0.0988. The molecule has 0 spiro atoms. The third kappa shape index (κ3) is 5.75. The van der Waals surface area contributed by atoms with Crippen LogP contribution in [0.3, 0.4) is 0 Å². The van der Waals surface area contributed by atoms with Crippen molar-refractivity contribution in [3.8, 4) is 11.5 Å². The Morgan fingerprint density at radius 1 is 1.15 bits per heavy atom. The van der Waals surface area contributed by atoms with Gasteiger partial charge in [-0.1, -0.05) is 24.3 Å². The molecule has 2 aromatic carbocycles. The molecule has 0 bridgehead atoms. The maximum absolute atomic E-state index is 11.1. The van der Waals surface area contributed by atoms with Gasteiger partial charge in [-0.2, -0.15) is 0 Å². The minimum Gasteiger partial charge on any atom is -0.486 e. The highest BCUT2D eigenvalue weighted by Crippen LogP contribution is 2.30. The summed E-state index contributed by atoms with van der Waals surface area (Å²) in [4.78, 5) is 15.3. The first kappa shape index (κ1) is 20.8. The molecule has 1 aliphatic heterocycles. The Kier molecular flexibility index (Phi) is 7.71. The smallest absolute Gasteiger partial charge is 0.248 e. The van der Waals surface area contributed by atoms with Crippen LogP contribution >= 0.6 is 24.0 Å². The van der Waals surface area contributed by atoms with Crippen LogP contribution in [0.1, 0.15) is 15.9 Å². The molecule has 8 heteroatoms. The van der Waals surface area contributed by atoms with E-state index in [4.69, 9.17) is 15.2 Å². The second kappa shape index (κ2) is 10.0. The Bertz CT molecular complexity index is 796. The van der Waals surface area contributed by atoms with Crippen LogP contribution in [0.25, 0.3) is 0 Å². The Hall–Kier alpha value is -2.49. The molecular weight excluding hydrogens is 459 g/mol. The summed E-state index contributed by atoms with van der Waals surface area (Å²) in [5, 5.41) is 6.45. The zero-order valence-electron chi connectivity index (χ0n) is 15.0. The predicted octanol–water partition coefficient (Wildman–Crippen LogP) is 1.91. The van der Waals surface area contributed by atoms with Crippen molar-refractivity contribution in [2.45, 2.75) is 12.6 Å². The molecule has 4 N–H and O–H groups in total. The highest BCUT2D eigenvalue weighted by Gasteiger charge is 2.20. The zero-order chi connectivity index (χ0) is 18.4. The molecule has 7 nitrogen and oxygen atoms in total. The Labute approximate surface area is 175 Å². The van der Waals surface area contributed by atoms with Gasteiger partial charge in [0, 0.05) is 19.2 Å². The van der Waals surface area contributed by atoms with Crippen LogP contribution < -0.4 is 25.8 Å². The maximum atomic E-state index is 11.1. The number of aliphatic imine (C=N–C) groups is 1. The first-order chi connectivity index (χ1) is 12.7. The van der Waals surface area contributed by atoms with Crippen LogP contribution in [-0.2, 0) is 6.54 Å². The van der Waals surface area contributed by atoms with E-state index in [0.29, 0.717) is 31.2 Å². The summed E-state index contributed by atoms with van der Waals surface area (Å²) in [6, 6.07) is 14.8. The number of halogens is 1. The SMILES string of the molecule is CN=C(NCc1ccc(C(N)=O)cc1)NCC1COc2ccccc2O1.I. The molecule has 0 radical (unpaired) electrons. The van der Waals surface area contributed by atoms with Crippen LogP contribution in [0.5, 0.6) is 11.5 Å². The lowest BCUT2D eigenvalue weighted by molar-refractivity contribution is 0.0936. The average Bonchev–Trinajstić information content (AvgIpc) is 2.68. The van der Waals surface area contributed by atoms with E-state index in [1.54, 1.807) is 19.2 Å². The number of rotatable bonds is 5. The van der Waals surface area contributed by atoms with E-state index >= 15 is 0 Å². The number of fused-ring (bicyclic) bond motifs is 1. The molecule has 1 heterocycles. The first-order valence-electron chi connectivity index (χ1n) is 8.37. The molecule has 0 aromatic heterocycles. The van der Waals surface area contributed by atoms with Gasteiger partial charge in [0.05, 0.1) is 6.54 Å². The van der Waals surface area contributed by atoms with Gasteiger partial charge in [0.2, 0.25) is 5.91 Å². The Morgan fingerprint density at radius 3 is 2.52 bits per heavy atom. The number of primary amides is 1. The molecular formula is C19H23IN4O3. The Morgan fingerprint density at radius 2 is 1.85 bits per heavy atom. The van der Waals surface area contributed by atoms with Crippen molar-refractivity contribution in [1.29, 1.82) is 0 Å². The van der Waals surface area contributed by atoms with Crippen molar-refractivity contribution < 1.29 is 14.3 Å². The highest BCUT2D eigenvalue weighted by atomic mass is 127. The second-order valence-corrected chi connectivity index (χ2v) is 5.87. The van der Waals surface area contributed by atoms with Gasteiger partial charge in [-0.05, 0) is 29.8 Å². The molecule has 1 unspecified atom stereocenters. The predicted molar refractivity (Wildman–Crippen MR) is 115 cm³/mol. The maximum Gasteiger partial charge on any atom is 0.248 e. The largest absolute Gasteiger partial charge is 0.486 e. The van der Waals surface area contributed by atoms with Crippen LogP contribution in [0.2, 0.25) is 0 Å². The number of guanidine groups is 1. The average molecular weight is 482 g/mol. The molecule has 0 saturated heterocycles. The number of amides is 1. The van der Waals surface area contributed by atoms with Crippen molar-refractivity contribution in [2.24, 2.45) is 10.7 Å². The summed E-state index contributed by atoms with van der Waals surface area (Å²) in [5.41, 5.74) is 6.75. The summed E-state index contributed by atoms with van der Waals surface area (Å²) in [7, 11) is 1.71. The number of benzene rings is 2. The van der Waals surface area contributed by atoms with E-state index in [2.05, 4.69) is 15.6 Å². The zero-order valence-corrected chi connectivity index (χ0v) is 17.3. The normalized spacial score (nSPS) is 15.4. The molecule has 3 rings (SSSR count). The monoisotopic (exact) mass is 482 g/mol. The molecule has 2 aromatic rings. The van der Waals surface area contributed by atoms with E-state index in [9.17, 15) is 4.79 Å². The fraction of sp³-hybridized carbons (Fsp3) is 0.263. The summed E-state index contributed by atoms with van der Waals surface area (Å²) >= 11 is 0. The lowest BCUT2D eigenvalue weighted by atomic mass is 10.1. The first-order valence-corrected chi connectivity index (χ1v) is 8.37. The van der Waals surface area contributed by atoms with E-state index in [0.717, 1.165) is 17.1 Å². The van der Waals surface area contributed by atoms with Crippen molar-refractivity contribution in [3.63, 3.8) is 0 Å². The van der Waals surface area contributed by atoms with Crippen molar-refractivity contribution in [3.05, 3.63) is 59.7 Å². The molecule has 0 fully saturated rings. The molecule has 0 saturated carbocycles. The summed E-state index contributed by atoms with van der Waals surface area (Å²) in [6.45, 7) is 1.62. The third-order valence-corrected chi connectivity index (χ3v) is 3.99. The lowest BCUT2D eigenvalue weighted by Gasteiger charge is -2.27. The van der Waals surface area contributed by atoms with Crippen LogP contribution in [0.15, 0.2) is 53.5 Å². The van der Waals surface area contributed by atoms with Gasteiger partial charge in [-0.15, -0.1) is 24.0 Å². The number of nitrogens with one attached hydrogen (secondary N) is 2. The van der Waals surface area contributed by atoms with Crippen LogP contribution in [0.4, 0.5) is 0 Å². The number of carbonyl (C=O) groups is 1. The molecule has 1 atom stereocenters. The minimum atomic E-state index is -0.432. The fourth-order valence-electron chi connectivity index (χ4n) is 2.57. The van der Waals surface area contributed by atoms with Gasteiger partial charge < -0.3 is 25.8 Å². The molecule has 1 amide bonds. The van der Waals surface area contributed by atoms with E-state index < -0.39 is 5.91 Å². The van der Waals surface area contributed by atoms with Gasteiger partial charge in [-0.25, -0.2) is 0 Å². The molecule has 144 valence electrons. The Balaban J connectivity index is 0.00000261. The number of hydrogen-bond acceptors (Lipinski definition) is 4. The van der Waals surface area contributed by atoms with Gasteiger partial charge in [0.25, 0.3) is 0 Å². The summed E-state index contributed by atoms with van der Waals surface area (Å²) < 4.78 is 11.6. The minimum absolute atomic E-state index is 0. The quantitative estimate of drug-likeness (QED) is 0.344. The van der Waals surface area contributed by atoms with Crippen molar-refractivity contribution in [1.82, 2.24) is 10.6 Å². The number of nitrogens with zero attached hydrogens (tertiary/aromatic N) is 1. The standard InChI is InChI=1S/C19H22N4O3.HI/c1-21-19(22-10-13-6-8-14(9-7-13)18(20)24)23-11-15-12-25-16-4-2-3-5-17(16)26-15;/h2-9,15H,10-12H2,1H3,(H2,20,24)(H2,21,22,23);1H. The number of carbonyl (C=O) groups excluding carboxylic acids is 1. The number of para-hydroxylation sites is 2. The lowest BCUT2D eigenvalue weighted by Crippen LogP contribution is -2.45. The van der Waals surface area contributed by atoms with Crippen molar-refractivity contribution in [2.75, 3.05) is 20.2 Å². The number of hydrogen-bond donors (Lipinski definition) is 3. The van der Waals surface area contributed by atoms with Crippen molar-refractivity contribution >= 4 is 35.8 Å². The molecule has 27 heavy (non-hydrogen) atoms. The summed E-state index contributed by atoms with van der Waals surface area (Å²) in [5.74, 6) is 1.75. The van der Waals surface area contributed by atoms with E-state index in [1.807, 2.05) is 36.4 Å². The van der Waals surface area contributed by atoms with Gasteiger partial charge >= 0.3 is 0 Å². The fourth-order valence-corrected chi connectivity index (χ4v) is 2.57. The third-order valence-electron chi connectivity index (χ3n) is 3.99. The van der Waals surface area contributed by atoms with Crippen LogP contribution in [-0.4, -0.2) is 38.2 Å². The highest BCUT2D eigenvalue weighted by molar-refractivity contribution is 14.0.